The molecular formula is C40H70O6. The molecule has 0 radical (unpaired) electrons. The quantitative estimate of drug-likeness (QED) is 0.0327. The molecule has 0 bridgehead atoms. The van der Waals surface area contributed by atoms with Gasteiger partial charge in [-0.05, 0) is 50.9 Å². The predicted octanol–water partition coefficient (Wildman–Crippen LogP) is 10.3. The van der Waals surface area contributed by atoms with Gasteiger partial charge in [0.05, 0.1) is 6.10 Å². The van der Waals surface area contributed by atoms with Crippen LogP contribution in [-0.4, -0.2) is 47.6 Å². The Morgan fingerprint density at radius 1 is 0.609 bits per heavy atom. The molecular weight excluding hydrogens is 576 g/mol. The molecule has 0 unspecified atom stereocenters. The molecule has 2 atom stereocenters. The van der Waals surface area contributed by atoms with Gasteiger partial charge < -0.3 is 19.7 Å². The van der Waals surface area contributed by atoms with Gasteiger partial charge >= 0.3 is 11.9 Å². The molecule has 0 saturated carbocycles. The van der Waals surface area contributed by atoms with E-state index in [1.165, 1.54) is 77.0 Å². The van der Waals surface area contributed by atoms with Gasteiger partial charge in [0.2, 0.25) is 0 Å². The number of rotatable bonds is 32. The number of aliphatic hydroxyl groups is 2. The number of carbonyl (C=O) groups excluding carboxylic acids is 2. The second kappa shape index (κ2) is 34.2. The highest BCUT2D eigenvalue weighted by Gasteiger charge is 2.12. The van der Waals surface area contributed by atoms with E-state index in [4.69, 9.17) is 9.47 Å². The van der Waals surface area contributed by atoms with Crippen LogP contribution in [0.5, 0.6) is 0 Å². The SMILES string of the molecule is CCCCC/C=C\C=C/[C@@H](O)C/C=C\C/C=C/CCCC(=O)OC[C@@H](O)COC(=O)CCCCCCCCCCCCCC(C)C. The summed E-state index contributed by atoms with van der Waals surface area (Å²) in [5, 5.41) is 20.0. The first-order valence-electron chi connectivity index (χ1n) is 18.7. The van der Waals surface area contributed by atoms with E-state index in [2.05, 4.69) is 26.8 Å². The maximum Gasteiger partial charge on any atom is 0.305 e. The maximum absolute atomic E-state index is 11.9. The molecule has 0 aromatic carbocycles. The molecule has 6 heteroatoms. The first-order chi connectivity index (χ1) is 22.3. The van der Waals surface area contributed by atoms with Crippen LogP contribution in [0, 0.1) is 5.92 Å². The van der Waals surface area contributed by atoms with E-state index < -0.39 is 12.2 Å². The van der Waals surface area contributed by atoms with Crippen molar-refractivity contribution in [3.8, 4) is 0 Å². The number of hydrogen-bond donors (Lipinski definition) is 2. The zero-order valence-electron chi connectivity index (χ0n) is 29.8. The van der Waals surface area contributed by atoms with Crippen LogP contribution >= 0.6 is 0 Å². The lowest BCUT2D eigenvalue weighted by atomic mass is 10.0. The lowest BCUT2D eigenvalue weighted by Gasteiger charge is -2.12. The van der Waals surface area contributed by atoms with E-state index in [0.29, 0.717) is 19.3 Å². The topological polar surface area (TPSA) is 93.1 Å². The lowest BCUT2D eigenvalue weighted by molar-refractivity contribution is -0.152. The van der Waals surface area contributed by atoms with Crippen LogP contribution < -0.4 is 0 Å². The molecule has 266 valence electrons. The highest BCUT2D eigenvalue weighted by molar-refractivity contribution is 5.69. The van der Waals surface area contributed by atoms with Gasteiger partial charge in [0.1, 0.15) is 19.3 Å². The van der Waals surface area contributed by atoms with Crippen LogP contribution in [0.1, 0.15) is 162 Å². The summed E-state index contributed by atoms with van der Waals surface area (Å²) in [6.07, 6.45) is 37.6. The number of unbranched alkanes of at least 4 members (excludes halogenated alkanes) is 14. The van der Waals surface area contributed by atoms with E-state index in [-0.39, 0.29) is 31.6 Å². The van der Waals surface area contributed by atoms with Gasteiger partial charge in [-0.1, -0.05) is 153 Å². The summed E-state index contributed by atoms with van der Waals surface area (Å²) in [4.78, 5) is 23.9. The van der Waals surface area contributed by atoms with Crippen molar-refractivity contribution in [3.05, 3.63) is 48.6 Å². The second-order valence-electron chi connectivity index (χ2n) is 13.0. The van der Waals surface area contributed by atoms with Gasteiger partial charge in [0.25, 0.3) is 0 Å². The number of hydrogen-bond acceptors (Lipinski definition) is 6. The third-order valence-electron chi connectivity index (χ3n) is 7.83. The van der Waals surface area contributed by atoms with Gasteiger partial charge in [-0.25, -0.2) is 0 Å². The minimum absolute atomic E-state index is 0.149. The molecule has 0 heterocycles. The second-order valence-corrected chi connectivity index (χ2v) is 13.0. The van der Waals surface area contributed by atoms with Gasteiger partial charge in [0.15, 0.2) is 0 Å². The number of aliphatic hydroxyl groups excluding tert-OH is 2. The van der Waals surface area contributed by atoms with Crippen molar-refractivity contribution in [3.63, 3.8) is 0 Å². The van der Waals surface area contributed by atoms with Crippen LogP contribution in [0.4, 0.5) is 0 Å². The van der Waals surface area contributed by atoms with Crippen LogP contribution in [0.2, 0.25) is 0 Å². The Morgan fingerprint density at radius 3 is 1.76 bits per heavy atom. The summed E-state index contributed by atoms with van der Waals surface area (Å²) < 4.78 is 10.2. The molecule has 0 saturated heterocycles. The maximum atomic E-state index is 11.9. The molecule has 0 aliphatic rings. The van der Waals surface area contributed by atoms with E-state index in [1.807, 2.05) is 42.5 Å². The fraction of sp³-hybridized carbons (Fsp3) is 0.750. The molecule has 2 N–H and O–H groups in total. The Labute approximate surface area is 282 Å². The minimum Gasteiger partial charge on any atom is -0.463 e. The molecule has 0 amide bonds. The Hall–Kier alpha value is -2.18. The fourth-order valence-electron chi connectivity index (χ4n) is 4.93. The number of esters is 2. The normalized spacial score (nSPS) is 13.5. The summed E-state index contributed by atoms with van der Waals surface area (Å²) in [7, 11) is 0. The smallest absolute Gasteiger partial charge is 0.305 e. The third kappa shape index (κ3) is 34.7. The van der Waals surface area contributed by atoms with Crippen LogP contribution in [0.15, 0.2) is 48.6 Å². The molecule has 0 aromatic heterocycles. The summed E-state index contributed by atoms with van der Waals surface area (Å²) in [5.74, 6) is 0.157. The van der Waals surface area contributed by atoms with Crippen molar-refractivity contribution >= 4 is 11.9 Å². The number of carbonyl (C=O) groups is 2. The van der Waals surface area contributed by atoms with Crippen molar-refractivity contribution in [1.29, 1.82) is 0 Å². The third-order valence-corrected chi connectivity index (χ3v) is 7.83. The summed E-state index contributed by atoms with van der Waals surface area (Å²) in [6, 6.07) is 0. The van der Waals surface area contributed by atoms with Crippen molar-refractivity contribution in [1.82, 2.24) is 0 Å². The molecule has 0 spiro atoms. The Balaban J connectivity index is 3.62. The largest absolute Gasteiger partial charge is 0.463 e. The zero-order valence-corrected chi connectivity index (χ0v) is 29.8. The standard InChI is InChI=1S/C40H70O6/c1-4-5-6-7-14-20-25-30-37(41)31-26-21-16-13-18-23-28-33-40(44)46-35-38(42)34-45-39(43)32-27-22-17-12-10-8-9-11-15-19-24-29-36(2)3/h13-14,18,20-21,25-26,30,36-38,41-42H,4-12,15-17,19,22-24,27-29,31-35H2,1-3H3/b18-13+,20-14-,26-21-,30-25-/t37-,38+/m1/s1. The number of ether oxygens (including phenoxy) is 2. The Kier molecular flexibility index (Phi) is 32.5. The van der Waals surface area contributed by atoms with Gasteiger partial charge in [0, 0.05) is 12.8 Å². The van der Waals surface area contributed by atoms with Crippen molar-refractivity contribution < 1.29 is 29.3 Å². The van der Waals surface area contributed by atoms with Gasteiger partial charge in [-0.3, -0.25) is 9.59 Å². The van der Waals surface area contributed by atoms with Crippen molar-refractivity contribution in [2.75, 3.05) is 13.2 Å². The van der Waals surface area contributed by atoms with E-state index in [1.54, 1.807) is 0 Å². The average molecular weight is 647 g/mol. The van der Waals surface area contributed by atoms with Crippen molar-refractivity contribution in [2.24, 2.45) is 5.92 Å². The summed E-state index contributed by atoms with van der Waals surface area (Å²) in [5.41, 5.74) is 0. The molecule has 0 aliphatic carbocycles. The Morgan fingerprint density at radius 2 is 1.15 bits per heavy atom. The lowest BCUT2D eigenvalue weighted by Crippen LogP contribution is -2.25. The monoisotopic (exact) mass is 647 g/mol. The highest BCUT2D eigenvalue weighted by Crippen LogP contribution is 2.14. The fourth-order valence-corrected chi connectivity index (χ4v) is 4.93. The van der Waals surface area contributed by atoms with Crippen molar-refractivity contribution in [2.45, 2.75) is 174 Å². The summed E-state index contributed by atoms with van der Waals surface area (Å²) in [6.45, 7) is 6.47. The molecule has 0 fully saturated rings. The molecule has 0 aliphatic heterocycles. The molecule has 0 aromatic rings. The van der Waals surface area contributed by atoms with E-state index >= 15 is 0 Å². The average Bonchev–Trinajstić information content (AvgIpc) is 3.03. The molecule has 0 rings (SSSR count). The molecule has 6 nitrogen and oxygen atoms in total. The van der Waals surface area contributed by atoms with E-state index in [0.717, 1.165) is 44.4 Å². The first kappa shape index (κ1) is 43.8. The molecule has 46 heavy (non-hydrogen) atoms. The highest BCUT2D eigenvalue weighted by atomic mass is 16.6. The minimum atomic E-state index is -1.00. The Bertz CT molecular complexity index is 813. The zero-order chi connectivity index (χ0) is 33.9. The van der Waals surface area contributed by atoms with E-state index in [9.17, 15) is 19.8 Å². The van der Waals surface area contributed by atoms with Crippen LogP contribution in [0.3, 0.4) is 0 Å². The summed E-state index contributed by atoms with van der Waals surface area (Å²) >= 11 is 0. The first-order valence-corrected chi connectivity index (χ1v) is 18.7. The van der Waals surface area contributed by atoms with Gasteiger partial charge in [-0.15, -0.1) is 0 Å². The predicted molar refractivity (Wildman–Crippen MR) is 193 cm³/mol. The van der Waals surface area contributed by atoms with Crippen LogP contribution in [0.25, 0.3) is 0 Å². The van der Waals surface area contributed by atoms with Crippen LogP contribution in [-0.2, 0) is 19.1 Å². The number of allylic oxidation sites excluding steroid dienone is 6. The van der Waals surface area contributed by atoms with Gasteiger partial charge in [-0.2, -0.15) is 0 Å².